The van der Waals surface area contributed by atoms with E-state index >= 15 is 0 Å². The third kappa shape index (κ3) is 14.7. The monoisotopic (exact) mass is 457 g/mol. The molecule has 31 heavy (non-hydrogen) atoms. The highest BCUT2D eigenvalue weighted by atomic mass is 32.2. The van der Waals surface area contributed by atoms with E-state index in [4.69, 9.17) is 0 Å². The van der Waals surface area contributed by atoms with Gasteiger partial charge in [0.05, 0.1) is 31.1 Å². The van der Waals surface area contributed by atoms with Gasteiger partial charge in [-0.25, -0.2) is 8.42 Å². The first-order chi connectivity index (χ1) is 14.7. The first-order valence-corrected chi connectivity index (χ1v) is 13.6. The predicted molar refractivity (Wildman–Crippen MR) is 129 cm³/mol. The molecule has 0 amide bonds. The van der Waals surface area contributed by atoms with Crippen molar-refractivity contribution in [3.63, 3.8) is 0 Å². The van der Waals surface area contributed by atoms with Crippen LogP contribution < -0.4 is 0 Å². The van der Waals surface area contributed by atoms with E-state index < -0.39 is 10.1 Å². The normalized spacial score (nSPS) is 11.8. The molecular formula is C25H47NO4S. The number of rotatable bonds is 16. The van der Waals surface area contributed by atoms with Crippen LogP contribution in [-0.2, 0) is 10.1 Å². The molecule has 0 heterocycles. The summed E-state index contributed by atoms with van der Waals surface area (Å²) in [7, 11) is -4.27. The molecule has 6 heteroatoms. The molecule has 0 aliphatic rings. The number of unbranched alkanes of at least 4 members (excludes halogenated alkanes) is 9. The molecule has 182 valence electrons. The summed E-state index contributed by atoms with van der Waals surface area (Å²) in [5.41, 5.74) is 0.928. The van der Waals surface area contributed by atoms with Gasteiger partial charge in [0.2, 0.25) is 0 Å². The zero-order chi connectivity index (χ0) is 23.6. The van der Waals surface area contributed by atoms with Crippen molar-refractivity contribution in [2.75, 3.05) is 32.8 Å². The van der Waals surface area contributed by atoms with E-state index in [0.717, 1.165) is 29.7 Å². The molecule has 1 aromatic rings. The fraction of sp³-hybridized carbons (Fsp3) is 0.760. The quantitative estimate of drug-likeness (QED) is 0.197. The Hall–Kier alpha value is -0.950. The lowest BCUT2D eigenvalue weighted by Gasteiger charge is -2.36. The Morgan fingerprint density at radius 2 is 1.23 bits per heavy atom. The number of likely N-dealkylation sites (N-methyl/N-ethyl adjacent to an activating group) is 1. The minimum absolute atomic E-state index is 0.178. The van der Waals surface area contributed by atoms with Crippen LogP contribution in [0.5, 0.6) is 0 Å². The highest BCUT2D eigenvalue weighted by Crippen LogP contribution is 2.13. The van der Waals surface area contributed by atoms with E-state index in [-0.39, 0.29) is 4.90 Å². The minimum atomic E-state index is -4.27. The lowest BCUT2D eigenvalue weighted by atomic mass is 10.1. The van der Waals surface area contributed by atoms with Crippen LogP contribution in [0.3, 0.4) is 0 Å². The maximum Gasteiger partial charge on any atom is 0.124 e. The first kappa shape index (κ1) is 30.0. The molecule has 0 aliphatic heterocycles. The number of hydrogen-bond donors (Lipinski definition) is 1. The van der Waals surface area contributed by atoms with Gasteiger partial charge in [0, 0.05) is 0 Å². The average molecular weight is 458 g/mol. The van der Waals surface area contributed by atoms with Crippen molar-refractivity contribution in [2.45, 2.75) is 96.8 Å². The summed E-state index contributed by atoms with van der Waals surface area (Å²) in [4.78, 5) is -0.178. The standard InChI is InChI=1S/C18H40NO.C7H8O3S/c1-4-7-8-9-10-11-12-13-14-15-16-19(5-2,6-3)17-18-20;1-6-2-4-7(5-3-6)11(8,9)10/h20H,4-18H2,1-3H3;2-5H,1H3,(H,8,9,10)/q+1;/p-1. The summed E-state index contributed by atoms with van der Waals surface area (Å²) in [5.74, 6) is 0. The molecular weight excluding hydrogens is 410 g/mol. The van der Waals surface area contributed by atoms with Gasteiger partial charge in [-0.1, -0.05) is 76.0 Å². The minimum Gasteiger partial charge on any atom is -0.744 e. The molecule has 1 N–H and O–H groups in total. The van der Waals surface area contributed by atoms with E-state index in [9.17, 15) is 18.1 Å². The van der Waals surface area contributed by atoms with Gasteiger partial charge < -0.3 is 14.1 Å². The fourth-order valence-electron chi connectivity index (χ4n) is 3.82. The third-order valence-electron chi connectivity index (χ3n) is 6.21. The summed E-state index contributed by atoms with van der Waals surface area (Å²) in [5, 5.41) is 9.21. The van der Waals surface area contributed by atoms with Gasteiger partial charge in [-0.3, -0.25) is 0 Å². The maximum atomic E-state index is 10.4. The van der Waals surface area contributed by atoms with Crippen molar-refractivity contribution >= 4 is 10.1 Å². The summed E-state index contributed by atoms with van der Waals surface area (Å²) >= 11 is 0. The Morgan fingerprint density at radius 3 is 1.61 bits per heavy atom. The van der Waals surface area contributed by atoms with Gasteiger partial charge in [0.15, 0.2) is 0 Å². The second-order valence-corrected chi connectivity index (χ2v) is 9.97. The van der Waals surface area contributed by atoms with Crippen LogP contribution in [0.25, 0.3) is 0 Å². The highest BCUT2D eigenvalue weighted by molar-refractivity contribution is 7.85. The number of aliphatic hydroxyl groups is 1. The van der Waals surface area contributed by atoms with Gasteiger partial charge >= 0.3 is 0 Å². The molecule has 0 fully saturated rings. The third-order valence-corrected chi connectivity index (χ3v) is 7.06. The molecule has 0 aromatic heterocycles. The van der Waals surface area contributed by atoms with Crippen LogP contribution in [0.1, 0.15) is 90.5 Å². The Kier molecular flexibility index (Phi) is 17.0. The molecule has 0 aliphatic carbocycles. The second-order valence-electron chi connectivity index (χ2n) is 8.59. The Balaban J connectivity index is 0.000000683. The Bertz CT molecular complexity index is 640. The van der Waals surface area contributed by atoms with Crippen molar-refractivity contribution in [3.8, 4) is 0 Å². The summed E-state index contributed by atoms with van der Waals surface area (Å²) in [6.07, 6.45) is 14.0. The van der Waals surface area contributed by atoms with Crippen LogP contribution in [-0.4, -0.2) is 55.3 Å². The van der Waals surface area contributed by atoms with E-state index in [2.05, 4.69) is 20.8 Å². The molecule has 0 saturated heterocycles. The fourth-order valence-corrected chi connectivity index (χ4v) is 4.29. The Morgan fingerprint density at radius 1 is 0.774 bits per heavy atom. The topological polar surface area (TPSA) is 77.4 Å². The number of aryl methyl sites for hydroxylation is 1. The van der Waals surface area contributed by atoms with Crippen LogP contribution in [0.2, 0.25) is 0 Å². The van der Waals surface area contributed by atoms with E-state index in [1.54, 1.807) is 12.1 Å². The van der Waals surface area contributed by atoms with Crippen molar-refractivity contribution in [1.82, 2.24) is 0 Å². The SMILES string of the molecule is CCCCCCCCCCCC[N+](CC)(CC)CCO.Cc1ccc(S(=O)(=O)[O-])cc1. The zero-order valence-electron chi connectivity index (χ0n) is 20.4. The number of quaternary nitrogens is 1. The lowest BCUT2D eigenvalue weighted by molar-refractivity contribution is -0.925. The predicted octanol–water partition coefficient (Wildman–Crippen LogP) is 5.66. The summed E-state index contributed by atoms with van der Waals surface area (Å²) in [6, 6.07) is 5.78. The number of nitrogens with zero attached hydrogens (tertiary/aromatic N) is 1. The van der Waals surface area contributed by atoms with Crippen molar-refractivity contribution in [3.05, 3.63) is 29.8 Å². The van der Waals surface area contributed by atoms with Crippen LogP contribution in [0, 0.1) is 6.92 Å². The molecule has 0 radical (unpaired) electrons. The zero-order valence-corrected chi connectivity index (χ0v) is 21.3. The number of aliphatic hydroxyl groups excluding tert-OH is 1. The summed E-state index contributed by atoms with van der Waals surface area (Å²) < 4.78 is 32.3. The molecule has 5 nitrogen and oxygen atoms in total. The Labute approximate surface area is 192 Å². The van der Waals surface area contributed by atoms with Crippen molar-refractivity contribution in [2.24, 2.45) is 0 Å². The summed E-state index contributed by atoms with van der Waals surface area (Å²) in [6.45, 7) is 13.5. The van der Waals surface area contributed by atoms with Crippen LogP contribution >= 0.6 is 0 Å². The number of benzene rings is 1. The van der Waals surface area contributed by atoms with Crippen LogP contribution in [0.4, 0.5) is 0 Å². The van der Waals surface area contributed by atoms with Gasteiger partial charge in [-0.05, 0) is 45.7 Å². The van der Waals surface area contributed by atoms with Gasteiger partial charge in [-0.15, -0.1) is 0 Å². The maximum absolute atomic E-state index is 10.4. The van der Waals surface area contributed by atoms with E-state index in [1.807, 2.05) is 6.92 Å². The molecule has 0 unspecified atom stereocenters. The lowest BCUT2D eigenvalue weighted by Crippen LogP contribution is -2.50. The van der Waals surface area contributed by atoms with Crippen molar-refractivity contribution < 1.29 is 22.6 Å². The van der Waals surface area contributed by atoms with Crippen LogP contribution in [0.15, 0.2) is 29.2 Å². The highest BCUT2D eigenvalue weighted by Gasteiger charge is 2.21. The number of hydrogen-bond acceptors (Lipinski definition) is 4. The largest absolute Gasteiger partial charge is 0.744 e. The molecule has 0 atom stereocenters. The smallest absolute Gasteiger partial charge is 0.124 e. The molecule has 0 bridgehead atoms. The molecule has 1 rings (SSSR count). The van der Waals surface area contributed by atoms with Gasteiger partial charge in [0.25, 0.3) is 0 Å². The average Bonchev–Trinajstić information content (AvgIpc) is 2.74. The van der Waals surface area contributed by atoms with Gasteiger partial charge in [-0.2, -0.15) is 0 Å². The van der Waals surface area contributed by atoms with Crippen molar-refractivity contribution in [1.29, 1.82) is 0 Å². The molecule has 1 aromatic carbocycles. The van der Waals surface area contributed by atoms with Gasteiger partial charge in [0.1, 0.15) is 16.7 Å². The van der Waals surface area contributed by atoms with E-state index in [0.29, 0.717) is 6.61 Å². The second kappa shape index (κ2) is 17.6. The molecule has 0 saturated carbocycles. The van der Waals surface area contributed by atoms with E-state index in [1.165, 1.54) is 82.9 Å². The molecule has 0 spiro atoms. The first-order valence-electron chi connectivity index (χ1n) is 12.2.